The van der Waals surface area contributed by atoms with Crippen LogP contribution < -0.4 is 5.73 Å². The molecule has 1 unspecified atom stereocenters. The van der Waals surface area contributed by atoms with Crippen molar-refractivity contribution in [3.8, 4) is 0 Å². The van der Waals surface area contributed by atoms with Crippen LogP contribution in [0.15, 0.2) is 30.3 Å². The summed E-state index contributed by atoms with van der Waals surface area (Å²) in [5.74, 6) is 0.652. The van der Waals surface area contributed by atoms with E-state index in [1.807, 2.05) is 30.3 Å². The minimum absolute atomic E-state index is 0.186. The van der Waals surface area contributed by atoms with Crippen molar-refractivity contribution in [1.29, 1.82) is 0 Å². The average molecular weight is 247 g/mol. The van der Waals surface area contributed by atoms with E-state index < -0.39 is 0 Å². The van der Waals surface area contributed by atoms with Crippen LogP contribution >= 0.6 is 0 Å². The van der Waals surface area contributed by atoms with Gasteiger partial charge in [0.15, 0.2) is 0 Å². The molecular formula is C15H21NO2. The van der Waals surface area contributed by atoms with Crippen LogP contribution in [-0.4, -0.2) is 25.0 Å². The van der Waals surface area contributed by atoms with Crippen LogP contribution in [0.25, 0.3) is 0 Å². The Morgan fingerprint density at radius 3 is 2.61 bits per heavy atom. The van der Waals surface area contributed by atoms with Gasteiger partial charge in [0, 0.05) is 19.6 Å². The molecule has 1 aromatic rings. The Labute approximate surface area is 108 Å². The van der Waals surface area contributed by atoms with E-state index in [9.17, 15) is 4.79 Å². The molecule has 0 amide bonds. The molecule has 1 aromatic carbocycles. The molecule has 3 nitrogen and oxygen atoms in total. The SMILES string of the molecule is NC(Cc1ccccc1)C(=O)CC1CCOCC1. The summed E-state index contributed by atoms with van der Waals surface area (Å²) in [5.41, 5.74) is 7.12. The average Bonchev–Trinajstić information content (AvgIpc) is 2.41. The van der Waals surface area contributed by atoms with Crippen molar-refractivity contribution in [2.24, 2.45) is 11.7 Å². The molecule has 0 bridgehead atoms. The minimum atomic E-state index is -0.366. The van der Waals surface area contributed by atoms with Crippen molar-refractivity contribution in [3.05, 3.63) is 35.9 Å². The van der Waals surface area contributed by atoms with Crippen molar-refractivity contribution in [2.75, 3.05) is 13.2 Å². The van der Waals surface area contributed by atoms with Gasteiger partial charge in [-0.1, -0.05) is 30.3 Å². The molecule has 2 N–H and O–H groups in total. The van der Waals surface area contributed by atoms with Gasteiger partial charge in [0.05, 0.1) is 6.04 Å². The summed E-state index contributed by atoms with van der Waals surface area (Å²) >= 11 is 0. The summed E-state index contributed by atoms with van der Waals surface area (Å²) in [6.07, 6.45) is 3.23. The van der Waals surface area contributed by atoms with Gasteiger partial charge < -0.3 is 10.5 Å². The molecule has 18 heavy (non-hydrogen) atoms. The van der Waals surface area contributed by atoms with E-state index in [1.54, 1.807) is 0 Å². The molecule has 0 spiro atoms. The van der Waals surface area contributed by atoms with E-state index in [-0.39, 0.29) is 11.8 Å². The summed E-state index contributed by atoms with van der Waals surface area (Å²) in [6.45, 7) is 1.57. The second-order valence-electron chi connectivity index (χ2n) is 5.02. The van der Waals surface area contributed by atoms with Gasteiger partial charge in [-0.05, 0) is 30.7 Å². The first kappa shape index (κ1) is 13.2. The molecule has 2 rings (SSSR count). The third kappa shape index (κ3) is 3.93. The van der Waals surface area contributed by atoms with Crippen LogP contribution in [-0.2, 0) is 16.0 Å². The number of benzene rings is 1. The predicted molar refractivity (Wildman–Crippen MR) is 71.3 cm³/mol. The van der Waals surface area contributed by atoms with Crippen molar-refractivity contribution in [2.45, 2.75) is 31.7 Å². The summed E-state index contributed by atoms with van der Waals surface area (Å²) in [7, 11) is 0. The summed E-state index contributed by atoms with van der Waals surface area (Å²) in [4.78, 5) is 12.0. The maximum Gasteiger partial charge on any atom is 0.150 e. The van der Waals surface area contributed by atoms with Gasteiger partial charge in [0.25, 0.3) is 0 Å². The van der Waals surface area contributed by atoms with Gasteiger partial charge in [-0.25, -0.2) is 0 Å². The number of carbonyl (C=O) groups is 1. The van der Waals surface area contributed by atoms with E-state index >= 15 is 0 Å². The van der Waals surface area contributed by atoms with Crippen LogP contribution in [0.3, 0.4) is 0 Å². The normalized spacial score (nSPS) is 18.5. The zero-order valence-electron chi connectivity index (χ0n) is 10.7. The number of ketones is 1. The fourth-order valence-corrected chi connectivity index (χ4v) is 2.37. The van der Waals surface area contributed by atoms with E-state index in [0.29, 0.717) is 18.8 Å². The Morgan fingerprint density at radius 1 is 1.28 bits per heavy atom. The highest BCUT2D eigenvalue weighted by Gasteiger charge is 2.21. The monoisotopic (exact) mass is 247 g/mol. The van der Waals surface area contributed by atoms with Crippen molar-refractivity contribution < 1.29 is 9.53 Å². The topological polar surface area (TPSA) is 52.3 Å². The Balaban J connectivity index is 1.81. The lowest BCUT2D eigenvalue weighted by molar-refractivity contribution is -0.121. The molecule has 1 aliphatic heterocycles. The molecule has 0 aromatic heterocycles. The van der Waals surface area contributed by atoms with Gasteiger partial charge in [-0.2, -0.15) is 0 Å². The lowest BCUT2D eigenvalue weighted by atomic mass is 9.90. The number of carbonyl (C=O) groups excluding carboxylic acids is 1. The van der Waals surface area contributed by atoms with Crippen molar-refractivity contribution in [3.63, 3.8) is 0 Å². The first-order valence-electron chi connectivity index (χ1n) is 6.65. The molecular weight excluding hydrogens is 226 g/mol. The number of hydrogen-bond acceptors (Lipinski definition) is 3. The van der Waals surface area contributed by atoms with Crippen molar-refractivity contribution in [1.82, 2.24) is 0 Å². The molecule has 98 valence electrons. The van der Waals surface area contributed by atoms with Crippen molar-refractivity contribution >= 4 is 5.78 Å². The fraction of sp³-hybridized carbons (Fsp3) is 0.533. The summed E-state index contributed by atoms with van der Waals surface area (Å²) in [6, 6.07) is 9.59. The number of Topliss-reactive ketones (excluding diaryl/α,β-unsaturated/α-hetero) is 1. The molecule has 1 fully saturated rings. The lowest BCUT2D eigenvalue weighted by Gasteiger charge is -2.22. The van der Waals surface area contributed by atoms with Gasteiger partial charge in [-0.15, -0.1) is 0 Å². The Morgan fingerprint density at radius 2 is 1.94 bits per heavy atom. The first-order valence-corrected chi connectivity index (χ1v) is 6.65. The van der Waals surface area contributed by atoms with Gasteiger partial charge >= 0.3 is 0 Å². The quantitative estimate of drug-likeness (QED) is 0.865. The van der Waals surface area contributed by atoms with Crippen LogP contribution in [0.2, 0.25) is 0 Å². The lowest BCUT2D eigenvalue weighted by Crippen LogP contribution is -2.34. The Bertz CT molecular complexity index is 371. The van der Waals surface area contributed by atoms with Gasteiger partial charge in [0.1, 0.15) is 5.78 Å². The van der Waals surface area contributed by atoms with E-state index in [0.717, 1.165) is 31.6 Å². The molecule has 1 atom stereocenters. The summed E-state index contributed by atoms with van der Waals surface area (Å²) in [5, 5.41) is 0. The second-order valence-corrected chi connectivity index (χ2v) is 5.02. The van der Waals surface area contributed by atoms with Gasteiger partial charge in [-0.3, -0.25) is 4.79 Å². The molecule has 0 saturated carbocycles. The molecule has 1 heterocycles. The van der Waals surface area contributed by atoms with Gasteiger partial charge in [0.2, 0.25) is 0 Å². The van der Waals surface area contributed by atoms with Crippen LogP contribution in [0, 0.1) is 5.92 Å². The number of nitrogens with two attached hydrogens (primary N) is 1. The van der Waals surface area contributed by atoms with E-state index in [2.05, 4.69) is 0 Å². The highest BCUT2D eigenvalue weighted by molar-refractivity contribution is 5.84. The van der Waals surface area contributed by atoms with Crippen LogP contribution in [0.4, 0.5) is 0 Å². The Hall–Kier alpha value is -1.19. The third-order valence-electron chi connectivity index (χ3n) is 3.54. The minimum Gasteiger partial charge on any atom is -0.381 e. The second kappa shape index (κ2) is 6.66. The highest BCUT2D eigenvalue weighted by atomic mass is 16.5. The third-order valence-corrected chi connectivity index (χ3v) is 3.54. The largest absolute Gasteiger partial charge is 0.381 e. The molecule has 1 aliphatic rings. The fourth-order valence-electron chi connectivity index (χ4n) is 2.37. The molecule has 0 radical (unpaired) electrons. The number of rotatable bonds is 5. The van der Waals surface area contributed by atoms with Crippen LogP contribution in [0.5, 0.6) is 0 Å². The maximum absolute atomic E-state index is 12.0. The van der Waals surface area contributed by atoms with E-state index in [1.165, 1.54) is 0 Å². The molecule has 1 saturated heterocycles. The first-order chi connectivity index (χ1) is 8.75. The Kier molecular flexibility index (Phi) is 4.90. The maximum atomic E-state index is 12.0. The zero-order chi connectivity index (χ0) is 12.8. The highest BCUT2D eigenvalue weighted by Crippen LogP contribution is 2.19. The number of ether oxygens (including phenoxy) is 1. The smallest absolute Gasteiger partial charge is 0.150 e. The number of hydrogen-bond donors (Lipinski definition) is 1. The van der Waals surface area contributed by atoms with E-state index in [4.69, 9.17) is 10.5 Å². The summed E-state index contributed by atoms with van der Waals surface area (Å²) < 4.78 is 5.29. The predicted octanol–water partition coefficient (Wildman–Crippen LogP) is 1.94. The molecule has 0 aliphatic carbocycles. The molecule has 3 heteroatoms. The van der Waals surface area contributed by atoms with Crippen LogP contribution in [0.1, 0.15) is 24.8 Å². The standard InChI is InChI=1S/C15H21NO2/c16-14(10-12-4-2-1-3-5-12)15(17)11-13-6-8-18-9-7-13/h1-5,13-14H,6-11,16H2. The zero-order valence-corrected chi connectivity index (χ0v) is 10.7.